The molecule has 3 rings (SSSR count). The van der Waals surface area contributed by atoms with Crippen molar-refractivity contribution in [3.8, 4) is 11.5 Å². The fourth-order valence-corrected chi connectivity index (χ4v) is 2.69. The summed E-state index contributed by atoms with van der Waals surface area (Å²) in [5, 5.41) is 0.397. The summed E-state index contributed by atoms with van der Waals surface area (Å²) in [5.74, 6) is 1.41. The van der Waals surface area contributed by atoms with Gasteiger partial charge in [0.2, 0.25) is 0 Å². The Morgan fingerprint density at radius 3 is 3.05 bits per heavy atom. The molecule has 1 atom stereocenters. The topological polar surface area (TPSA) is 35.5 Å². The van der Waals surface area contributed by atoms with Crippen molar-refractivity contribution in [2.75, 3.05) is 6.61 Å². The number of ether oxygens (including phenoxy) is 2. The average Bonchev–Trinajstić information content (AvgIpc) is 2.87. The first-order valence-electron chi connectivity index (χ1n) is 6.80. The van der Waals surface area contributed by atoms with Crippen molar-refractivity contribution in [2.24, 2.45) is 0 Å². The molecule has 0 N–H and O–H groups in total. The fourth-order valence-electron chi connectivity index (χ4n) is 2.48. The summed E-state index contributed by atoms with van der Waals surface area (Å²) in [6.07, 6.45) is 1.49. The van der Waals surface area contributed by atoms with Crippen LogP contribution in [0.4, 0.5) is 0 Å². The number of aryl methyl sites for hydroxylation is 1. The molecule has 0 fully saturated rings. The number of carbonyl (C=O) groups excluding carboxylic acids is 1. The van der Waals surface area contributed by atoms with Gasteiger partial charge in [-0.2, -0.15) is 0 Å². The lowest BCUT2D eigenvalue weighted by Gasteiger charge is -2.14. The van der Waals surface area contributed by atoms with Crippen LogP contribution in [-0.2, 0) is 6.42 Å². The minimum atomic E-state index is -0.0414. The van der Waals surface area contributed by atoms with Crippen LogP contribution in [0.25, 0.3) is 0 Å². The number of halogens is 1. The van der Waals surface area contributed by atoms with Gasteiger partial charge in [-0.1, -0.05) is 35.4 Å². The van der Waals surface area contributed by atoms with Crippen LogP contribution in [0.3, 0.4) is 0 Å². The van der Waals surface area contributed by atoms with Gasteiger partial charge in [0.1, 0.15) is 24.2 Å². The lowest BCUT2D eigenvalue weighted by molar-refractivity contribution is 0.111. The normalized spacial score (nSPS) is 16.2. The van der Waals surface area contributed by atoms with E-state index in [0.29, 0.717) is 29.2 Å². The molecule has 0 aromatic heterocycles. The zero-order valence-corrected chi connectivity index (χ0v) is 12.4. The zero-order chi connectivity index (χ0) is 14.8. The highest BCUT2D eigenvalue weighted by Crippen LogP contribution is 2.30. The highest BCUT2D eigenvalue weighted by atomic mass is 35.5. The molecule has 3 nitrogen and oxygen atoms in total. The molecule has 1 aliphatic heterocycles. The predicted molar refractivity (Wildman–Crippen MR) is 81.6 cm³/mol. The number of hydrogen-bond acceptors (Lipinski definition) is 3. The third kappa shape index (κ3) is 2.88. The summed E-state index contributed by atoms with van der Waals surface area (Å²) >= 11 is 5.97. The molecule has 0 saturated carbocycles. The lowest BCUT2D eigenvalue weighted by Crippen LogP contribution is -2.22. The molecule has 21 heavy (non-hydrogen) atoms. The van der Waals surface area contributed by atoms with Gasteiger partial charge in [-0.15, -0.1) is 0 Å². The van der Waals surface area contributed by atoms with Gasteiger partial charge in [0.25, 0.3) is 0 Å². The van der Waals surface area contributed by atoms with Crippen LogP contribution in [0.5, 0.6) is 11.5 Å². The van der Waals surface area contributed by atoms with E-state index in [4.69, 9.17) is 21.1 Å². The third-order valence-corrected chi connectivity index (χ3v) is 3.84. The summed E-state index contributed by atoms with van der Waals surface area (Å²) in [4.78, 5) is 11.1. The van der Waals surface area contributed by atoms with Gasteiger partial charge in [-0.3, -0.25) is 4.79 Å². The summed E-state index contributed by atoms with van der Waals surface area (Å²) < 4.78 is 11.6. The molecule has 4 heteroatoms. The molecule has 0 bridgehead atoms. The van der Waals surface area contributed by atoms with E-state index < -0.39 is 0 Å². The Bertz CT molecular complexity index is 682. The maximum Gasteiger partial charge on any atom is 0.155 e. The zero-order valence-electron chi connectivity index (χ0n) is 11.6. The van der Waals surface area contributed by atoms with Crippen molar-refractivity contribution >= 4 is 17.9 Å². The van der Waals surface area contributed by atoms with E-state index in [1.807, 2.05) is 12.1 Å². The van der Waals surface area contributed by atoms with Gasteiger partial charge in [-0.05, 0) is 30.7 Å². The first-order chi connectivity index (χ1) is 10.2. The van der Waals surface area contributed by atoms with Crippen LogP contribution in [0.2, 0.25) is 5.02 Å². The van der Waals surface area contributed by atoms with E-state index in [2.05, 4.69) is 13.0 Å². The Morgan fingerprint density at radius 2 is 2.24 bits per heavy atom. The number of fused-ring (bicyclic) bond motifs is 1. The van der Waals surface area contributed by atoms with Crippen LogP contribution in [-0.4, -0.2) is 19.0 Å². The Balaban J connectivity index is 1.68. The minimum absolute atomic E-state index is 0.0414. The SMILES string of the molecule is Cc1ccc2c(c1)CC(COc1cccc(Cl)c1C=O)O2. The number of carbonyl (C=O) groups is 1. The summed E-state index contributed by atoms with van der Waals surface area (Å²) in [6, 6.07) is 11.3. The van der Waals surface area contributed by atoms with E-state index in [1.165, 1.54) is 11.1 Å². The van der Waals surface area contributed by atoms with Crippen molar-refractivity contribution in [2.45, 2.75) is 19.4 Å². The molecular formula is C17H15ClO3. The lowest BCUT2D eigenvalue weighted by atomic mass is 10.1. The molecule has 2 aromatic carbocycles. The van der Waals surface area contributed by atoms with Crippen molar-refractivity contribution in [1.29, 1.82) is 0 Å². The second kappa shape index (κ2) is 5.78. The number of aldehydes is 1. The van der Waals surface area contributed by atoms with Gasteiger partial charge < -0.3 is 9.47 Å². The smallest absolute Gasteiger partial charge is 0.155 e. The second-order valence-electron chi connectivity index (χ2n) is 5.14. The first kappa shape index (κ1) is 14.0. The standard InChI is InChI=1S/C17H15ClO3/c1-11-5-6-16-12(7-11)8-13(21-16)10-20-17-4-2-3-15(18)14(17)9-19/h2-7,9,13H,8,10H2,1H3. The fraction of sp³-hybridized carbons (Fsp3) is 0.235. The Morgan fingerprint density at radius 1 is 1.38 bits per heavy atom. The largest absolute Gasteiger partial charge is 0.489 e. The number of hydrogen-bond donors (Lipinski definition) is 0. The monoisotopic (exact) mass is 302 g/mol. The summed E-state index contributed by atoms with van der Waals surface area (Å²) in [6.45, 7) is 2.45. The van der Waals surface area contributed by atoms with Crippen LogP contribution < -0.4 is 9.47 Å². The molecule has 0 spiro atoms. The van der Waals surface area contributed by atoms with Gasteiger partial charge in [0, 0.05) is 6.42 Å². The van der Waals surface area contributed by atoms with E-state index in [0.717, 1.165) is 12.2 Å². The highest BCUT2D eigenvalue weighted by Gasteiger charge is 2.23. The van der Waals surface area contributed by atoms with Crippen LogP contribution >= 0.6 is 11.6 Å². The van der Waals surface area contributed by atoms with Gasteiger partial charge in [0.15, 0.2) is 6.29 Å². The molecule has 1 aliphatic rings. The molecule has 2 aromatic rings. The van der Waals surface area contributed by atoms with E-state index in [1.54, 1.807) is 18.2 Å². The highest BCUT2D eigenvalue weighted by molar-refractivity contribution is 6.33. The molecule has 108 valence electrons. The molecule has 1 heterocycles. The number of benzene rings is 2. The number of rotatable bonds is 4. The average molecular weight is 303 g/mol. The summed E-state index contributed by atoms with van der Waals surface area (Å²) in [7, 11) is 0. The van der Waals surface area contributed by atoms with Crippen molar-refractivity contribution in [3.05, 3.63) is 58.1 Å². The second-order valence-corrected chi connectivity index (χ2v) is 5.54. The van der Waals surface area contributed by atoms with Crippen molar-refractivity contribution in [1.82, 2.24) is 0 Å². The van der Waals surface area contributed by atoms with Crippen LogP contribution in [0.15, 0.2) is 36.4 Å². The molecule has 0 amide bonds. The Labute approximate surface area is 128 Å². The molecular weight excluding hydrogens is 288 g/mol. The molecule has 0 saturated heterocycles. The maximum atomic E-state index is 11.1. The maximum absolute atomic E-state index is 11.1. The Kier molecular flexibility index (Phi) is 3.84. The van der Waals surface area contributed by atoms with Gasteiger partial charge in [-0.25, -0.2) is 0 Å². The summed E-state index contributed by atoms with van der Waals surface area (Å²) in [5.41, 5.74) is 2.80. The van der Waals surface area contributed by atoms with Crippen LogP contribution in [0.1, 0.15) is 21.5 Å². The minimum Gasteiger partial charge on any atom is -0.489 e. The third-order valence-electron chi connectivity index (χ3n) is 3.51. The first-order valence-corrected chi connectivity index (χ1v) is 7.18. The quantitative estimate of drug-likeness (QED) is 0.805. The van der Waals surface area contributed by atoms with E-state index in [-0.39, 0.29) is 6.10 Å². The van der Waals surface area contributed by atoms with E-state index >= 15 is 0 Å². The van der Waals surface area contributed by atoms with Crippen molar-refractivity contribution in [3.63, 3.8) is 0 Å². The van der Waals surface area contributed by atoms with Gasteiger partial charge >= 0.3 is 0 Å². The van der Waals surface area contributed by atoms with Crippen LogP contribution in [0, 0.1) is 6.92 Å². The van der Waals surface area contributed by atoms with Gasteiger partial charge in [0.05, 0.1) is 10.6 Å². The predicted octanol–water partition coefficient (Wildman–Crippen LogP) is 3.84. The molecule has 0 aliphatic carbocycles. The molecule has 0 radical (unpaired) electrons. The Hall–Kier alpha value is -2.00. The van der Waals surface area contributed by atoms with Crippen molar-refractivity contribution < 1.29 is 14.3 Å². The van der Waals surface area contributed by atoms with E-state index in [9.17, 15) is 4.79 Å². The molecule has 1 unspecified atom stereocenters.